The van der Waals surface area contributed by atoms with E-state index in [1.807, 2.05) is 12.2 Å². The number of alkyl halides is 3. The molecule has 0 amide bonds. The molecule has 0 saturated heterocycles. The molecule has 2 aliphatic rings. The zero-order chi connectivity index (χ0) is 17.2. The van der Waals surface area contributed by atoms with Crippen molar-refractivity contribution in [2.75, 3.05) is 0 Å². The van der Waals surface area contributed by atoms with Crippen LogP contribution in [0.25, 0.3) is 0 Å². The van der Waals surface area contributed by atoms with Crippen molar-refractivity contribution in [2.45, 2.75) is 57.4 Å². The maximum absolute atomic E-state index is 14.5. The Morgan fingerprint density at radius 2 is 1.79 bits per heavy atom. The summed E-state index contributed by atoms with van der Waals surface area (Å²) in [5.74, 6) is -1.55. The Kier molecular flexibility index (Phi) is 5.01. The molecule has 2 saturated carbocycles. The third-order valence-corrected chi connectivity index (χ3v) is 4.32. The molecule has 2 fully saturated rings. The van der Waals surface area contributed by atoms with Crippen LogP contribution in [-0.2, 0) is 6.42 Å². The van der Waals surface area contributed by atoms with Crippen LogP contribution in [0.15, 0.2) is 24.3 Å². The minimum Gasteiger partial charge on any atom is -0.486 e. The minimum atomic E-state index is -4.96. The van der Waals surface area contributed by atoms with Crippen molar-refractivity contribution in [3.05, 3.63) is 35.7 Å². The maximum Gasteiger partial charge on any atom is 0.573 e. The molecule has 0 spiro atoms. The van der Waals surface area contributed by atoms with Gasteiger partial charge in [-0.25, -0.2) is 4.39 Å². The van der Waals surface area contributed by atoms with Gasteiger partial charge in [0, 0.05) is 0 Å². The zero-order valence-electron chi connectivity index (χ0n) is 13.2. The minimum absolute atomic E-state index is 0.145. The zero-order valence-corrected chi connectivity index (χ0v) is 13.2. The van der Waals surface area contributed by atoms with Gasteiger partial charge in [0.2, 0.25) is 5.75 Å². The molecule has 1 aromatic rings. The van der Waals surface area contributed by atoms with E-state index in [9.17, 15) is 17.6 Å². The van der Waals surface area contributed by atoms with E-state index < -0.39 is 17.9 Å². The number of ether oxygens (including phenoxy) is 2. The van der Waals surface area contributed by atoms with Crippen molar-refractivity contribution in [2.24, 2.45) is 5.92 Å². The van der Waals surface area contributed by atoms with Gasteiger partial charge in [0.25, 0.3) is 0 Å². The number of hydrogen-bond donors (Lipinski definition) is 0. The van der Waals surface area contributed by atoms with Gasteiger partial charge in [0.05, 0.1) is 6.10 Å². The van der Waals surface area contributed by atoms with Gasteiger partial charge in [0.15, 0.2) is 11.6 Å². The Morgan fingerprint density at radius 3 is 2.42 bits per heavy atom. The Morgan fingerprint density at radius 1 is 1.08 bits per heavy atom. The molecule has 24 heavy (non-hydrogen) atoms. The summed E-state index contributed by atoms with van der Waals surface area (Å²) in [5, 5.41) is 0. The first-order chi connectivity index (χ1) is 11.4. The second-order valence-electron chi connectivity index (χ2n) is 6.41. The summed E-state index contributed by atoms with van der Waals surface area (Å²) < 4.78 is 61.5. The van der Waals surface area contributed by atoms with E-state index in [2.05, 4.69) is 4.74 Å². The Bertz CT molecular complexity index is 600. The van der Waals surface area contributed by atoms with Crippen LogP contribution >= 0.6 is 0 Å². The van der Waals surface area contributed by atoms with Crippen molar-refractivity contribution < 1.29 is 27.0 Å². The van der Waals surface area contributed by atoms with Gasteiger partial charge >= 0.3 is 6.36 Å². The first kappa shape index (κ1) is 17.1. The summed E-state index contributed by atoms with van der Waals surface area (Å²) in [6.45, 7) is 0. The third-order valence-electron chi connectivity index (χ3n) is 4.32. The smallest absolute Gasteiger partial charge is 0.486 e. The highest BCUT2D eigenvalue weighted by atomic mass is 19.4. The van der Waals surface area contributed by atoms with E-state index in [1.165, 1.54) is 25.0 Å². The normalized spacial score (nSPS) is 19.2. The molecular weight excluding hydrogens is 324 g/mol. The van der Waals surface area contributed by atoms with Crippen LogP contribution in [0, 0.1) is 11.7 Å². The molecule has 2 aliphatic carbocycles. The SMILES string of the molecule is Fc1c(C/C=C/C2CCCC2)ccc(OC2CC2)c1OC(F)(F)F. The Balaban J connectivity index is 1.77. The first-order valence-electron chi connectivity index (χ1n) is 8.33. The molecule has 0 radical (unpaired) electrons. The van der Waals surface area contributed by atoms with E-state index in [4.69, 9.17) is 4.74 Å². The van der Waals surface area contributed by atoms with Crippen LogP contribution in [0.2, 0.25) is 0 Å². The molecule has 0 atom stereocenters. The highest BCUT2D eigenvalue weighted by Crippen LogP contribution is 2.39. The lowest BCUT2D eigenvalue weighted by Gasteiger charge is -2.16. The van der Waals surface area contributed by atoms with E-state index in [-0.39, 0.29) is 23.8 Å². The summed E-state index contributed by atoms with van der Waals surface area (Å²) in [5.41, 5.74) is 0.173. The quantitative estimate of drug-likeness (QED) is 0.497. The fourth-order valence-electron chi connectivity index (χ4n) is 2.94. The number of benzene rings is 1. The number of hydrogen-bond acceptors (Lipinski definition) is 2. The molecule has 0 N–H and O–H groups in total. The standard InChI is InChI=1S/C18H20F4O2/c19-16-13(7-3-6-12-4-1-2-5-12)8-11-15(23-14-9-10-14)17(16)24-18(20,21)22/h3,6,8,11-12,14H,1-2,4-5,7,9-10H2/b6-3+. The Labute approximate surface area is 138 Å². The molecule has 0 unspecified atom stereocenters. The van der Waals surface area contributed by atoms with Gasteiger partial charge in [-0.15, -0.1) is 13.2 Å². The summed E-state index contributed by atoms with van der Waals surface area (Å²) in [7, 11) is 0. The van der Waals surface area contributed by atoms with Crippen LogP contribution in [0.4, 0.5) is 17.6 Å². The van der Waals surface area contributed by atoms with Crippen molar-refractivity contribution >= 4 is 0 Å². The van der Waals surface area contributed by atoms with Crippen LogP contribution < -0.4 is 9.47 Å². The molecular formula is C18H20F4O2. The van der Waals surface area contributed by atoms with Gasteiger partial charge in [-0.05, 0) is 49.7 Å². The lowest BCUT2D eigenvalue weighted by molar-refractivity contribution is -0.276. The lowest BCUT2D eigenvalue weighted by Crippen LogP contribution is -2.19. The molecule has 1 aromatic carbocycles. The monoisotopic (exact) mass is 344 g/mol. The van der Waals surface area contributed by atoms with E-state index in [0.29, 0.717) is 5.92 Å². The molecule has 0 heterocycles. The molecule has 0 aromatic heterocycles. The van der Waals surface area contributed by atoms with Gasteiger partial charge in [0.1, 0.15) is 0 Å². The van der Waals surface area contributed by atoms with Crippen molar-refractivity contribution in [3.8, 4) is 11.5 Å². The van der Waals surface area contributed by atoms with Crippen LogP contribution in [-0.4, -0.2) is 12.5 Å². The van der Waals surface area contributed by atoms with E-state index >= 15 is 0 Å². The molecule has 6 heteroatoms. The number of allylic oxidation sites excluding steroid dienone is 2. The van der Waals surface area contributed by atoms with Crippen LogP contribution in [0.3, 0.4) is 0 Å². The third kappa shape index (κ3) is 4.65. The second kappa shape index (κ2) is 7.03. The Hall–Kier alpha value is -1.72. The maximum atomic E-state index is 14.5. The van der Waals surface area contributed by atoms with Crippen LogP contribution in [0.5, 0.6) is 11.5 Å². The average Bonchev–Trinajstić information content (AvgIpc) is 3.17. The summed E-state index contributed by atoms with van der Waals surface area (Å²) >= 11 is 0. The van der Waals surface area contributed by atoms with Gasteiger partial charge in [-0.1, -0.05) is 31.1 Å². The summed E-state index contributed by atoms with van der Waals surface area (Å²) in [4.78, 5) is 0. The highest BCUT2D eigenvalue weighted by molar-refractivity contribution is 5.45. The molecule has 0 bridgehead atoms. The number of rotatable bonds is 6. The summed E-state index contributed by atoms with van der Waals surface area (Å²) in [6.07, 6.45) is 5.15. The largest absolute Gasteiger partial charge is 0.573 e. The molecule has 2 nitrogen and oxygen atoms in total. The van der Waals surface area contributed by atoms with Crippen molar-refractivity contribution in [1.29, 1.82) is 0 Å². The topological polar surface area (TPSA) is 18.5 Å². The van der Waals surface area contributed by atoms with E-state index in [0.717, 1.165) is 25.7 Å². The number of halogens is 4. The fraction of sp³-hybridized carbons (Fsp3) is 0.556. The van der Waals surface area contributed by atoms with Gasteiger partial charge in [-0.2, -0.15) is 0 Å². The van der Waals surface area contributed by atoms with Gasteiger partial charge in [-0.3, -0.25) is 0 Å². The first-order valence-corrected chi connectivity index (χ1v) is 8.33. The van der Waals surface area contributed by atoms with Crippen molar-refractivity contribution in [3.63, 3.8) is 0 Å². The average molecular weight is 344 g/mol. The highest BCUT2D eigenvalue weighted by Gasteiger charge is 2.36. The molecule has 0 aliphatic heterocycles. The lowest BCUT2D eigenvalue weighted by atomic mass is 10.1. The van der Waals surface area contributed by atoms with Crippen molar-refractivity contribution in [1.82, 2.24) is 0 Å². The second-order valence-corrected chi connectivity index (χ2v) is 6.41. The summed E-state index contributed by atoms with van der Waals surface area (Å²) in [6, 6.07) is 2.83. The van der Waals surface area contributed by atoms with Gasteiger partial charge < -0.3 is 9.47 Å². The van der Waals surface area contributed by atoms with E-state index in [1.54, 1.807) is 0 Å². The molecule has 3 rings (SSSR count). The fourth-order valence-corrected chi connectivity index (χ4v) is 2.94. The molecule has 132 valence electrons. The predicted octanol–water partition coefficient (Wildman–Crippen LogP) is 5.55. The van der Waals surface area contributed by atoms with Crippen LogP contribution in [0.1, 0.15) is 44.1 Å². The predicted molar refractivity (Wildman–Crippen MR) is 81.5 cm³/mol.